The first-order valence-electron chi connectivity index (χ1n) is 6.80. The Morgan fingerprint density at radius 2 is 2.14 bits per heavy atom. The SMILES string of the molecule is Cc1ncsc1-c1ccc(C(COCCO)NC(=O)O)cc1. The number of nitrogens with one attached hydrogen (secondary N) is 1. The summed E-state index contributed by atoms with van der Waals surface area (Å²) in [5, 5.41) is 20.1. The number of aryl methyl sites for hydroxylation is 1. The molecule has 3 N–H and O–H groups in total. The molecule has 7 heteroatoms. The molecule has 0 radical (unpaired) electrons. The zero-order valence-corrected chi connectivity index (χ0v) is 13.0. The van der Waals surface area contributed by atoms with Crippen molar-refractivity contribution in [1.82, 2.24) is 10.3 Å². The molecule has 0 aliphatic rings. The van der Waals surface area contributed by atoms with E-state index in [-0.39, 0.29) is 19.8 Å². The molecule has 1 aromatic carbocycles. The Bertz CT molecular complexity index is 612. The minimum absolute atomic E-state index is 0.0939. The molecule has 1 amide bonds. The lowest BCUT2D eigenvalue weighted by atomic mass is 10.0. The zero-order valence-electron chi connectivity index (χ0n) is 12.2. The predicted octanol–water partition coefficient (Wildman–Crippen LogP) is 2.44. The summed E-state index contributed by atoms with van der Waals surface area (Å²) in [6.45, 7) is 2.21. The van der Waals surface area contributed by atoms with Crippen molar-refractivity contribution >= 4 is 17.4 Å². The zero-order chi connectivity index (χ0) is 15.9. The molecule has 1 aromatic heterocycles. The van der Waals surface area contributed by atoms with Crippen molar-refractivity contribution in [3.8, 4) is 10.4 Å². The van der Waals surface area contributed by atoms with Gasteiger partial charge in [-0.3, -0.25) is 0 Å². The first-order valence-corrected chi connectivity index (χ1v) is 7.68. The van der Waals surface area contributed by atoms with E-state index >= 15 is 0 Å². The molecule has 0 aliphatic carbocycles. The van der Waals surface area contributed by atoms with Gasteiger partial charge < -0.3 is 20.3 Å². The van der Waals surface area contributed by atoms with Gasteiger partial charge in [-0.15, -0.1) is 11.3 Å². The average Bonchev–Trinajstić information content (AvgIpc) is 2.92. The Morgan fingerprint density at radius 3 is 2.68 bits per heavy atom. The fourth-order valence-electron chi connectivity index (χ4n) is 2.08. The molecule has 0 fully saturated rings. The summed E-state index contributed by atoms with van der Waals surface area (Å²) in [5.41, 5.74) is 4.64. The van der Waals surface area contributed by atoms with Crippen LogP contribution in [0.25, 0.3) is 10.4 Å². The van der Waals surface area contributed by atoms with Gasteiger partial charge in [0.15, 0.2) is 0 Å². The number of thiazole rings is 1. The Hall–Kier alpha value is -1.96. The monoisotopic (exact) mass is 322 g/mol. The fraction of sp³-hybridized carbons (Fsp3) is 0.333. The molecule has 1 heterocycles. The number of amides is 1. The Morgan fingerprint density at radius 1 is 1.41 bits per heavy atom. The van der Waals surface area contributed by atoms with Gasteiger partial charge >= 0.3 is 6.09 Å². The van der Waals surface area contributed by atoms with E-state index < -0.39 is 12.1 Å². The highest BCUT2D eigenvalue weighted by molar-refractivity contribution is 7.13. The van der Waals surface area contributed by atoms with Gasteiger partial charge in [-0.1, -0.05) is 24.3 Å². The Labute approximate surface area is 132 Å². The lowest BCUT2D eigenvalue weighted by Crippen LogP contribution is -2.30. The van der Waals surface area contributed by atoms with Crippen molar-refractivity contribution in [2.75, 3.05) is 19.8 Å². The van der Waals surface area contributed by atoms with Crippen LogP contribution in [0.2, 0.25) is 0 Å². The molecule has 22 heavy (non-hydrogen) atoms. The summed E-state index contributed by atoms with van der Waals surface area (Å²) < 4.78 is 5.24. The van der Waals surface area contributed by atoms with Crippen molar-refractivity contribution in [3.63, 3.8) is 0 Å². The third kappa shape index (κ3) is 4.27. The van der Waals surface area contributed by atoms with Crippen LogP contribution >= 0.6 is 11.3 Å². The van der Waals surface area contributed by atoms with E-state index in [0.717, 1.165) is 21.7 Å². The summed E-state index contributed by atoms with van der Waals surface area (Å²) in [6.07, 6.45) is -1.11. The summed E-state index contributed by atoms with van der Waals surface area (Å²) in [5.74, 6) is 0. The van der Waals surface area contributed by atoms with Crippen LogP contribution in [0.1, 0.15) is 17.3 Å². The predicted molar refractivity (Wildman–Crippen MR) is 84.1 cm³/mol. The molecular weight excluding hydrogens is 304 g/mol. The van der Waals surface area contributed by atoms with Gasteiger partial charge in [0, 0.05) is 0 Å². The molecule has 2 rings (SSSR count). The third-order valence-corrected chi connectivity index (χ3v) is 4.12. The highest BCUT2D eigenvalue weighted by Crippen LogP contribution is 2.28. The number of nitrogens with zero attached hydrogens (tertiary/aromatic N) is 1. The first-order chi connectivity index (χ1) is 10.6. The Balaban J connectivity index is 2.14. The number of hydrogen-bond acceptors (Lipinski definition) is 5. The van der Waals surface area contributed by atoms with Gasteiger partial charge in [0.25, 0.3) is 0 Å². The lowest BCUT2D eigenvalue weighted by Gasteiger charge is -2.17. The summed E-state index contributed by atoms with van der Waals surface area (Å²) in [6, 6.07) is 7.16. The van der Waals surface area contributed by atoms with Crippen molar-refractivity contribution in [3.05, 3.63) is 41.0 Å². The number of rotatable bonds is 7. The molecule has 0 saturated carbocycles. The van der Waals surface area contributed by atoms with E-state index in [1.54, 1.807) is 16.8 Å². The van der Waals surface area contributed by atoms with Crippen LogP contribution < -0.4 is 5.32 Å². The van der Waals surface area contributed by atoms with Crippen molar-refractivity contribution in [1.29, 1.82) is 0 Å². The second-order valence-electron chi connectivity index (χ2n) is 4.69. The largest absolute Gasteiger partial charge is 0.465 e. The van der Waals surface area contributed by atoms with E-state index in [2.05, 4.69) is 10.3 Å². The highest BCUT2D eigenvalue weighted by atomic mass is 32.1. The minimum Gasteiger partial charge on any atom is -0.465 e. The second-order valence-corrected chi connectivity index (χ2v) is 5.54. The number of aliphatic hydroxyl groups excluding tert-OH is 1. The average molecular weight is 322 g/mol. The summed E-state index contributed by atoms with van der Waals surface area (Å²) in [4.78, 5) is 16.2. The van der Waals surface area contributed by atoms with Crippen LogP contribution in [0.15, 0.2) is 29.8 Å². The van der Waals surface area contributed by atoms with Gasteiger partial charge in [0.2, 0.25) is 0 Å². The fourth-order valence-corrected chi connectivity index (χ4v) is 2.89. The minimum atomic E-state index is -1.11. The van der Waals surface area contributed by atoms with E-state index in [9.17, 15) is 4.79 Å². The van der Waals surface area contributed by atoms with Gasteiger partial charge in [0.1, 0.15) is 0 Å². The molecule has 0 spiro atoms. The number of ether oxygens (including phenoxy) is 1. The van der Waals surface area contributed by atoms with E-state index in [1.807, 2.05) is 31.2 Å². The van der Waals surface area contributed by atoms with Crippen LogP contribution in [0, 0.1) is 6.92 Å². The smallest absolute Gasteiger partial charge is 0.405 e. The van der Waals surface area contributed by atoms with Crippen molar-refractivity contribution in [2.24, 2.45) is 0 Å². The van der Waals surface area contributed by atoms with E-state index in [1.165, 1.54) is 0 Å². The number of hydrogen-bond donors (Lipinski definition) is 3. The maximum atomic E-state index is 10.9. The number of carbonyl (C=O) groups is 1. The van der Waals surface area contributed by atoms with Gasteiger partial charge in [-0.2, -0.15) is 0 Å². The van der Waals surface area contributed by atoms with Gasteiger partial charge in [-0.05, 0) is 18.1 Å². The van der Waals surface area contributed by atoms with E-state index in [4.69, 9.17) is 14.9 Å². The highest BCUT2D eigenvalue weighted by Gasteiger charge is 2.15. The molecule has 0 bridgehead atoms. The Kier molecular flexibility index (Phi) is 5.88. The van der Waals surface area contributed by atoms with Crippen LogP contribution in [-0.4, -0.2) is 41.1 Å². The number of carboxylic acid groups (broad SMARTS) is 1. The van der Waals surface area contributed by atoms with Gasteiger partial charge in [-0.25, -0.2) is 9.78 Å². The first kappa shape index (κ1) is 16.4. The van der Waals surface area contributed by atoms with E-state index in [0.29, 0.717) is 0 Å². The lowest BCUT2D eigenvalue weighted by molar-refractivity contribution is 0.0759. The van der Waals surface area contributed by atoms with Crippen molar-refractivity contribution in [2.45, 2.75) is 13.0 Å². The summed E-state index contributed by atoms with van der Waals surface area (Å²) in [7, 11) is 0. The van der Waals surface area contributed by atoms with Crippen molar-refractivity contribution < 1.29 is 19.7 Å². The topological polar surface area (TPSA) is 91.7 Å². The number of benzene rings is 1. The normalized spacial score (nSPS) is 12.1. The van der Waals surface area contributed by atoms with Crippen LogP contribution in [0.4, 0.5) is 4.79 Å². The number of aliphatic hydroxyl groups is 1. The maximum Gasteiger partial charge on any atom is 0.405 e. The molecule has 1 unspecified atom stereocenters. The standard InChI is InChI=1S/C15H18N2O4S/c1-10-14(22-9-16-10)12-4-2-11(3-5-12)13(17-15(19)20)8-21-7-6-18/h2-5,9,13,17-18H,6-8H2,1H3,(H,19,20). The second kappa shape index (κ2) is 7.88. The van der Waals surface area contributed by atoms with Crippen LogP contribution in [0.5, 0.6) is 0 Å². The molecular formula is C15H18N2O4S. The number of aromatic nitrogens is 1. The van der Waals surface area contributed by atoms with Crippen LogP contribution in [0.3, 0.4) is 0 Å². The summed E-state index contributed by atoms with van der Waals surface area (Å²) >= 11 is 1.57. The maximum absolute atomic E-state index is 10.9. The molecule has 0 aliphatic heterocycles. The quantitative estimate of drug-likeness (QED) is 0.681. The molecule has 1 atom stereocenters. The molecule has 118 valence electrons. The molecule has 2 aromatic rings. The molecule has 0 saturated heterocycles. The van der Waals surface area contributed by atoms with Gasteiger partial charge in [0.05, 0.1) is 41.9 Å². The van der Waals surface area contributed by atoms with Crippen LogP contribution in [-0.2, 0) is 4.74 Å². The third-order valence-electron chi connectivity index (χ3n) is 3.14. The molecule has 6 nitrogen and oxygen atoms in total.